The van der Waals surface area contributed by atoms with Gasteiger partial charge in [0, 0.05) is 60.1 Å². The topological polar surface area (TPSA) is 235 Å². The van der Waals surface area contributed by atoms with Crippen molar-refractivity contribution in [3.8, 4) is 11.1 Å². The van der Waals surface area contributed by atoms with Crippen LogP contribution in [0.4, 0.5) is 21.0 Å². The third kappa shape index (κ3) is 17.0. The van der Waals surface area contributed by atoms with Gasteiger partial charge in [0.2, 0.25) is 17.7 Å². The van der Waals surface area contributed by atoms with Gasteiger partial charge < -0.3 is 36.1 Å². The van der Waals surface area contributed by atoms with Gasteiger partial charge in [0.25, 0.3) is 0 Å². The Labute approximate surface area is 385 Å². The molecule has 1 saturated carbocycles. The molecule has 3 aromatic rings. The lowest BCUT2D eigenvalue weighted by atomic mass is 9.77. The normalized spacial score (nSPS) is 16.2. The highest BCUT2D eigenvalue weighted by molar-refractivity contribution is 6.01. The lowest BCUT2D eigenvalue weighted by Crippen LogP contribution is -2.41. The first-order valence-electron chi connectivity index (χ1n) is 22.4. The molecule has 0 aromatic heterocycles. The molecule has 1 aliphatic carbocycles. The molecular weight excluding hydrogens is 845 g/mol. The minimum atomic E-state index is -0.753. The zero-order valence-electron chi connectivity index (χ0n) is 38.7. The van der Waals surface area contributed by atoms with E-state index >= 15 is 0 Å². The quantitative estimate of drug-likeness (QED) is 0.0798. The molecule has 0 spiro atoms. The number of hydrogen-bond donors (Lipinski definition) is 5. The number of nitrogens with zero attached hydrogens (tertiary/aromatic N) is 3. The molecule has 0 saturated heterocycles. The van der Waals surface area contributed by atoms with Crippen molar-refractivity contribution >= 4 is 58.7 Å². The van der Waals surface area contributed by atoms with Crippen molar-refractivity contribution in [2.24, 2.45) is 33.0 Å². The van der Waals surface area contributed by atoms with Crippen LogP contribution >= 0.6 is 0 Å². The molecule has 1 heterocycles. The van der Waals surface area contributed by atoms with Gasteiger partial charge in [-0.05, 0) is 121 Å². The van der Waals surface area contributed by atoms with Crippen molar-refractivity contribution in [2.45, 2.75) is 104 Å². The molecule has 5 N–H and O–H groups in total. The monoisotopic (exact) mass is 906 g/mol. The zero-order chi connectivity index (χ0) is 47.9. The van der Waals surface area contributed by atoms with Crippen LogP contribution in [0.5, 0.6) is 0 Å². The first kappa shape index (κ1) is 50.2. The summed E-state index contributed by atoms with van der Waals surface area (Å²) in [7, 11) is 0. The summed E-state index contributed by atoms with van der Waals surface area (Å²) in [6, 6.07) is 22.0. The highest BCUT2D eigenvalue weighted by atomic mass is 16.6. The number of amidine groups is 1. The average Bonchev–Trinajstić information content (AvgIpc) is 3.81. The second-order valence-electron chi connectivity index (χ2n) is 18.6. The summed E-state index contributed by atoms with van der Waals surface area (Å²) in [6.45, 7) is 10.6. The first-order valence-corrected chi connectivity index (χ1v) is 22.4. The van der Waals surface area contributed by atoms with Crippen molar-refractivity contribution in [2.75, 3.05) is 36.9 Å². The number of hydrogen-bond acceptors (Lipinski definition) is 12. The third-order valence-electron chi connectivity index (χ3n) is 10.8. The highest BCUT2D eigenvalue weighted by Gasteiger charge is 2.31. The van der Waals surface area contributed by atoms with E-state index in [0.29, 0.717) is 43.0 Å². The molecule has 17 nitrogen and oxygen atoms in total. The number of nitrogens with one attached hydrogen (secondary N) is 5. The Kier molecular flexibility index (Phi) is 17.8. The number of carbonyl (C=O) groups excluding carboxylic acids is 7. The van der Waals surface area contributed by atoms with E-state index in [4.69, 9.17) is 9.47 Å². The third-order valence-corrected chi connectivity index (χ3v) is 10.8. The molecule has 5 rings (SSSR count). The number of Topliss-reactive ketones (excluding diaryl/α,β-unsaturated/α-hetero) is 2. The summed E-state index contributed by atoms with van der Waals surface area (Å²) in [5.41, 5.74) is 2.96. The minimum Gasteiger partial charge on any atom is -0.444 e. The van der Waals surface area contributed by atoms with Gasteiger partial charge in [-0.3, -0.25) is 24.0 Å². The first-order chi connectivity index (χ1) is 31.3. The molecule has 0 radical (unpaired) electrons. The van der Waals surface area contributed by atoms with Gasteiger partial charge in [0.05, 0.1) is 6.54 Å². The fourth-order valence-electron chi connectivity index (χ4n) is 7.45. The predicted octanol–water partition coefficient (Wildman–Crippen LogP) is 7.54. The summed E-state index contributed by atoms with van der Waals surface area (Å²) < 4.78 is 10.5. The number of aliphatic imine (C=N–C) groups is 1. The number of anilines is 2. The zero-order valence-corrected chi connectivity index (χ0v) is 38.7. The van der Waals surface area contributed by atoms with Crippen LogP contribution in [-0.4, -0.2) is 84.8 Å². The fourth-order valence-corrected chi connectivity index (χ4v) is 7.45. The van der Waals surface area contributed by atoms with Crippen LogP contribution in [0.3, 0.4) is 0 Å². The molecule has 17 heteroatoms. The molecular formula is C49H62N8O9. The van der Waals surface area contributed by atoms with Crippen molar-refractivity contribution < 1.29 is 43.0 Å². The molecule has 5 amide bonds. The lowest BCUT2D eigenvalue weighted by Gasteiger charge is -2.29. The minimum absolute atomic E-state index is 0.0361. The average molecular weight is 907 g/mol. The SMILES string of the molecule is CC(C)(C)OC(=O)NCC(=O)NCC(=O)CCC(=O)Nc1ccccc1-c1ccc(C[C@H](CC(=O)C2CCC(CNC(=O)OC(C)(C)C)CC2)C(=O)Nc2ccc(C3=NCN=N3)cc2)cc1. The fraction of sp³-hybridized carbons (Fsp3) is 0.469. The Hall–Kier alpha value is -6.78. The van der Waals surface area contributed by atoms with E-state index in [2.05, 4.69) is 41.8 Å². The summed E-state index contributed by atoms with van der Waals surface area (Å²) >= 11 is 0. The smallest absolute Gasteiger partial charge is 0.408 e. The summed E-state index contributed by atoms with van der Waals surface area (Å²) in [5, 5.41) is 21.4. The van der Waals surface area contributed by atoms with Gasteiger partial charge in [0.1, 0.15) is 23.5 Å². The van der Waals surface area contributed by atoms with E-state index in [0.717, 1.165) is 35.1 Å². The van der Waals surface area contributed by atoms with Crippen LogP contribution < -0.4 is 26.6 Å². The Bertz CT molecular complexity index is 2270. The molecule has 1 aliphatic heterocycles. The molecule has 2 aliphatic rings. The summed E-state index contributed by atoms with van der Waals surface area (Å²) in [6.07, 6.45) is 1.83. The maximum Gasteiger partial charge on any atom is 0.408 e. The summed E-state index contributed by atoms with van der Waals surface area (Å²) in [5.74, 6) is -1.65. The molecule has 0 unspecified atom stereocenters. The van der Waals surface area contributed by atoms with Gasteiger partial charge >= 0.3 is 12.2 Å². The molecule has 1 fully saturated rings. The van der Waals surface area contributed by atoms with Gasteiger partial charge in [-0.1, -0.05) is 42.5 Å². The molecule has 3 aromatic carbocycles. The summed E-state index contributed by atoms with van der Waals surface area (Å²) in [4.78, 5) is 93.6. The van der Waals surface area contributed by atoms with Crippen molar-refractivity contribution in [1.82, 2.24) is 16.0 Å². The molecule has 352 valence electrons. The van der Waals surface area contributed by atoms with Crippen molar-refractivity contribution in [3.63, 3.8) is 0 Å². The van der Waals surface area contributed by atoms with Crippen LogP contribution in [0.1, 0.15) is 97.6 Å². The number of alkyl carbamates (subject to hydrolysis) is 2. The number of azo groups is 1. The van der Waals surface area contributed by atoms with E-state index in [-0.39, 0.29) is 74.2 Å². The van der Waals surface area contributed by atoms with Gasteiger partial charge in [-0.15, -0.1) is 5.11 Å². The van der Waals surface area contributed by atoms with Crippen molar-refractivity contribution in [3.05, 3.63) is 83.9 Å². The van der Waals surface area contributed by atoms with Crippen LogP contribution in [0.2, 0.25) is 0 Å². The van der Waals surface area contributed by atoms with Gasteiger partial charge in [-0.2, -0.15) is 5.11 Å². The predicted molar refractivity (Wildman–Crippen MR) is 250 cm³/mol. The second kappa shape index (κ2) is 23.4. The van der Waals surface area contributed by atoms with Crippen LogP contribution in [0.15, 0.2) is 88.0 Å². The highest BCUT2D eigenvalue weighted by Crippen LogP contribution is 2.33. The van der Waals surface area contributed by atoms with Gasteiger partial charge in [-0.25, -0.2) is 14.6 Å². The number of carbonyl (C=O) groups is 7. The molecule has 1 atom stereocenters. The molecule has 0 bridgehead atoms. The number of amides is 5. The van der Waals surface area contributed by atoms with E-state index < -0.39 is 35.2 Å². The molecule has 66 heavy (non-hydrogen) atoms. The van der Waals surface area contributed by atoms with E-state index in [1.165, 1.54) is 0 Å². The largest absolute Gasteiger partial charge is 0.444 e. The van der Waals surface area contributed by atoms with E-state index in [9.17, 15) is 33.6 Å². The van der Waals surface area contributed by atoms with Crippen LogP contribution in [0.25, 0.3) is 11.1 Å². The number of benzene rings is 3. The van der Waals surface area contributed by atoms with Crippen LogP contribution in [-0.2, 0) is 39.9 Å². The Balaban J connectivity index is 1.17. The standard InChI is InChI=1S/C49H62N8O9/c1-48(2,3)65-46(63)51-27-32-13-17-34(18-14-32)41(59)26-36(45(62)55-37-21-19-35(20-22-37)44-53-30-54-57-44)25-31-11-15-33(16-12-31)39-9-7-8-10-40(39)56-42(60)24-23-38(58)28-50-43(61)29-52-47(64)66-49(4,5)6/h7-12,15-16,19-22,32,34,36H,13-14,17-18,23-30H2,1-6H3,(H,50,61)(H,51,63)(H,52,64)(H,55,62)(H,56,60)/t32?,34?,36-/m1/s1. The Morgan fingerprint density at radius 1 is 0.682 bits per heavy atom. The number of ether oxygens (including phenoxy) is 2. The van der Waals surface area contributed by atoms with Crippen molar-refractivity contribution in [1.29, 1.82) is 0 Å². The number of para-hydroxylation sites is 1. The maximum atomic E-state index is 14.0. The Morgan fingerprint density at radius 2 is 1.32 bits per heavy atom. The number of rotatable bonds is 19. The van der Waals surface area contributed by atoms with Gasteiger partial charge in [0.15, 0.2) is 18.3 Å². The Morgan fingerprint density at radius 3 is 1.95 bits per heavy atom. The number of ketones is 2. The second-order valence-corrected chi connectivity index (χ2v) is 18.6. The van der Waals surface area contributed by atoms with E-state index in [1.54, 1.807) is 45.0 Å². The maximum absolute atomic E-state index is 14.0. The van der Waals surface area contributed by atoms with E-state index in [1.807, 2.05) is 69.3 Å². The van der Waals surface area contributed by atoms with Crippen LogP contribution in [0, 0.1) is 17.8 Å². The lowest BCUT2D eigenvalue weighted by molar-refractivity contribution is -0.129.